The molecule has 0 aliphatic rings. The third-order valence-corrected chi connectivity index (χ3v) is 4.74. The van der Waals surface area contributed by atoms with Crippen molar-refractivity contribution in [2.45, 2.75) is 17.2 Å². The number of benzene rings is 2. The maximum absolute atomic E-state index is 5.83. The lowest BCUT2D eigenvalue weighted by Crippen LogP contribution is -1.75. The highest BCUT2D eigenvalue weighted by atomic mass is 35.5. The molecule has 0 unspecified atom stereocenters. The van der Waals surface area contributed by atoms with Crippen molar-refractivity contribution < 1.29 is 0 Å². The second-order valence-electron chi connectivity index (χ2n) is 3.31. The topological polar surface area (TPSA) is 0 Å². The van der Waals surface area contributed by atoms with Crippen LogP contribution in [0.5, 0.6) is 0 Å². The molecule has 0 saturated heterocycles. The quantitative estimate of drug-likeness (QED) is 0.468. The summed E-state index contributed by atoms with van der Waals surface area (Å²) in [7, 11) is 0. The van der Waals surface area contributed by atoms with Crippen molar-refractivity contribution in [2.75, 3.05) is 5.08 Å². The molecule has 2 aromatic carbocycles. The second-order valence-corrected chi connectivity index (χ2v) is 6.65. The zero-order valence-corrected chi connectivity index (χ0v) is 12.0. The van der Waals surface area contributed by atoms with Gasteiger partial charge in [0.15, 0.2) is 0 Å². The van der Waals surface area contributed by atoms with Gasteiger partial charge in [-0.05, 0) is 48.5 Å². The molecule has 0 atom stereocenters. The van der Waals surface area contributed by atoms with E-state index in [0.717, 1.165) is 15.1 Å². The largest absolute Gasteiger partial charge is 0.115 e. The fourth-order valence-corrected chi connectivity index (χ4v) is 3.46. The van der Waals surface area contributed by atoms with Crippen LogP contribution < -0.4 is 0 Å². The first-order valence-corrected chi connectivity index (χ1v) is 7.73. The molecule has 18 heavy (non-hydrogen) atoms. The lowest BCUT2D eigenvalue weighted by molar-refractivity contribution is 1.46. The fourth-order valence-electron chi connectivity index (χ4n) is 1.23. The molecule has 0 aliphatic heterocycles. The van der Waals surface area contributed by atoms with E-state index in [1.54, 1.807) is 23.5 Å². The molecule has 2 aromatic rings. The van der Waals surface area contributed by atoms with Crippen LogP contribution in [0.1, 0.15) is 7.43 Å². The second kappa shape index (κ2) is 8.00. The normalized spacial score (nSPS) is 9.89. The first-order valence-electron chi connectivity index (χ1n) is 5.01. The monoisotopic (exact) mass is 316 g/mol. The van der Waals surface area contributed by atoms with Crippen LogP contribution in [0.25, 0.3) is 0 Å². The van der Waals surface area contributed by atoms with E-state index in [4.69, 9.17) is 23.2 Å². The molecule has 0 N–H and O–H groups in total. The van der Waals surface area contributed by atoms with Crippen molar-refractivity contribution in [1.82, 2.24) is 0 Å². The molecule has 0 amide bonds. The third kappa shape index (κ3) is 5.15. The smallest absolute Gasteiger partial charge is 0.0486 e. The van der Waals surface area contributed by atoms with Gasteiger partial charge in [-0.3, -0.25) is 0 Å². The van der Waals surface area contributed by atoms with Gasteiger partial charge < -0.3 is 0 Å². The SMILES string of the molecule is C.Clc1ccc(SCSc2ccc(Cl)cc2)cc1. The van der Waals surface area contributed by atoms with Gasteiger partial charge in [-0.1, -0.05) is 30.6 Å². The summed E-state index contributed by atoms with van der Waals surface area (Å²) >= 11 is 15.3. The van der Waals surface area contributed by atoms with Gasteiger partial charge in [-0.15, -0.1) is 23.5 Å². The molecule has 0 radical (unpaired) electrons. The van der Waals surface area contributed by atoms with Crippen molar-refractivity contribution >= 4 is 46.7 Å². The Morgan fingerprint density at radius 3 is 1.33 bits per heavy atom. The Hall–Kier alpha value is -0.280. The van der Waals surface area contributed by atoms with Crippen LogP contribution >= 0.6 is 46.7 Å². The summed E-state index contributed by atoms with van der Waals surface area (Å²) in [6.45, 7) is 0. The first-order chi connectivity index (χ1) is 8.24. The minimum Gasteiger partial charge on any atom is -0.115 e. The summed E-state index contributed by atoms with van der Waals surface area (Å²) in [6.07, 6.45) is 0. The predicted octanol–water partition coefficient (Wildman–Crippen LogP) is 6.47. The Balaban J connectivity index is 0.00000162. The fraction of sp³-hybridized carbons (Fsp3) is 0.143. The van der Waals surface area contributed by atoms with Gasteiger partial charge in [-0.25, -0.2) is 0 Å². The summed E-state index contributed by atoms with van der Waals surface area (Å²) in [4.78, 5) is 2.46. The van der Waals surface area contributed by atoms with Crippen LogP contribution in [0.3, 0.4) is 0 Å². The van der Waals surface area contributed by atoms with Crippen molar-refractivity contribution in [2.24, 2.45) is 0 Å². The summed E-state index contributed by atoms with van der Waals surface area (Å²) in [5.41, 5.74) is 0. The maximum atomic E-state index is 5.83. The molecule has 0 spiro atoms. The number of thioether (sulfide) groups is 2. The zero-order chi connectivity index (χ0) is 12.1. The third-order valence-electron chi connectivity index (χ3n) is 2.08. The van der Waals surface area contributed by atoms with Crippen LogP contribution in [-0.4, -0.2) is 5.08 Å². The maximum Gasteiger partial charge on any atom is 0.0486 e. The van der Waals surface area contributed by atoms with E-state index in [0.29, 0.717) is 0 Å². The van der Waals surface area contributed by atoms with Gasteiger partial charge in [0.1, 0.15) is 0 Å². The number of halogens is 2. The van der Waals surface area contributed by atoms with Crippen molar-refractivity contribution in [3.05, 3.63) is 58.6 Å². The Kier molecular flexibility index (Phi) is 7.02. The van der Waals surface area contributed by atoms with Gasteiger partial charge in [0, 0.05) is 24.9 Å². The van der Waals surface area contributed by atoms with Gasteiger partial charge in [0.05, 0.1) is 0 Å². The summed E-state index contributed by atoms with van der Waals surface area (Å²) in [6, 6.07) is 15.8. The van der Waals surface area contributed by atoms with E-state index in [1.807, 2.05) is 48.5 Å². The molecule has 0 aliphatic carbocycles. The number of hydrogen-bond acceptors (Lipinski definition) is 2. The van der Waals surface area contributed by atoms with E-state index >= 15 is 0 Å². The van der Waals surface area contributed by atoms with E-state index in [2.05, 4.69) is 0 Å². The molecule has 0 fully saturated rings. The number of rotatable bonds is 4. The van der Waals surface area contributed by atoms with Crippen LogP contribution in [0.2, 0.25) is 10.0 Å². The molecule has 0 heterocycles. The van der Waals surface area contributed by atoms with Gasteiger partial charge in [0.25, 0.3) is 0 Å². The molecule has 4 heteroatoms. The highest BCUT2D eigenvalue weighted by Crippen LogP contribution is 2.28. The molecule has 0 nitrogen and oxygen atoms in total. The zero-order valence-electron chi connectivity index (χ0n) is 8.90. The summed E-state index contributed by atoms with van der Waals surface area (Å²) in [5, 5.41) is 2.53. The minimum absolute atomic E-state index is 0. The Bertz CT molecular complexity index is 421. The van der Waals surface area contributed by atoms with E-state index in [1.165, 1.54) is 9.79 Å². The van der Waals surface area contributed by atoms with Crippen molar-refractivity contribution in [1.29, 1.82) is 0 Å². The Labute approximate surface area is 127 Å². The van der Waals surface area contributed by atoms with Gasteiger partial charge in [-0.2, -0.15) is 0 Å². The van der Waals surface area contributed by atoms with Crippen LogP contribution in [0, 0.1) is 0 Å². The molecular weight excluding hydrogens is 303 g/mol. The highest BCUT2D eigenvalue weighted by molar-refractivity contribution is 8.16. The first kappa shape index (κ1) is 15.8. The Morgan fingerprint density at radius 2 is 1.00 bits per heavy atom. The van der Waals surface area contributed by atoms with Crippen LogP contribution in [0.15, 0.2) is 58.3 Å². The minimum atomic E-state index is 0. The highest BCUT2D eigenvalue weighted by Gasteiger charge is 1.97. The predicted molar refractivity (Wildman–Crippen MR) is 86.2 cm³/mol. The molecule has 0 bridgehead atoms. The lowest BCUT2D eigenvalue weighted by atomic mass is 10.4. The Morgan fingerprint density at radius 1 is 0.667 bits per heavy atom. The number of hydrogen-bond donors (Lipinski definition) is 0. The van der Waals surface area contributed by atoms with Crippen LogP contribution in [0.4, 0.5) is 0 Å². The molecular formula is C14H14Cl2S2. The van der Waals surface area contributed by atoms with Gasteiger partial charge in [0.2, 0.25) is 0 Å². The van der Waals surface area contributed by atoms with E-state index in [-0.39, 0.29) is 7.43 Å². The molecule has 2 rings (SSSR count). The summed E-state index contributed by atoms with van der Waals surface area (Å²) < 4.78 is 0. The molecule has 0 aromatic heterocycles. The van der Waals surface area contributed by atoms with E-state index in [9.17, 15) is 0 Å². The molecule has 96 valence electrons. The molecule has 0 saturated carbocycles. The lowest BCUT2D eigenvalue weighted by Gasteiger charge is -2.02. The average molecular weight is 317 g/mol. The van der Waals surface area contributed by atoms with Gasteiger partial charge >= 0.3 is 0 Å². The average Bonchev–Trinajstić information content (AvgIpc) is 2.34. The summed E-state index contributed by atoms with van der Waals surface area (Å²) in [5.74, 6) is 0. The van der Waals surface area contributed by atoms with Crippen LogP contribution in [-0.2, 0) is 0 Å². The standard InChI is InChI=1S/C13H10Cl2S2.CH4/c14-10-1-5-12(6-2-10)16-9-17-13-7-3-11(15)4-8-13;/h1-8H,9H2;1H4. The van der Waals surface area contributed by atoms with Crippen molar-refractivity contribution in [3.8, 4) is 0 Å². The van der Waals surface area contributed by atoms with Crippen molar-refractivity contribution in [3.63, 3.8) is 0 Å². The van der Waals surface area contributed by atoms with E-state index < -0.39 is 0 Å².